The van der Waals surface area contributed by atoms with E-state index in [1.165, 1.54) is 0 Å². The first kappa shape index (κ1) is 18.4. The molecule has 0 saturated heterocycles. The van der Waals surface area contributed by atoms with E-state index < -0.39 is 5.92 Å². The van der Waals surface area contributed by atoms with Gasteiger partial charge in [0.25, 0.3) is 5.91 Å². The Bertz CT molecular complexity index is 815. The van der Waals surface area contributed by atoms with Gasteiger partial charge in [-0.05, 0) is 39.0 Å². The van der Waals surface area contributed by atoms with Crippen LogP contribution in [-0.2, 0) is 6.54 Å². The van der Waals surface area contributed by atoms with Crippen LogP contribution in [0.25, 0.3) is 0 Å². The smallest absolute Gasteiger partial charge is 0.269 e. The van der Waals surface area contributed by atoms with Crippen LogP contribution in [0.4, 0.5) is 0 Å². The lowest BCUT2D eigenvalue weighted by atomic mass is 9.93. The second-order valence-corrected chi connectivity index (χ2v) is 6.09. The quantitative estimate of drug-likeness (QED) is 0.820. The summed E-state index contributed by atoms with van der Waals surface area (Å²) < 4.78 is 1.64. The third-order valence-electron chi connectivity index (χ3n) is 4.26. The number of hydrogen-bond acceptors (Lipinski definition) is 4. The van der Waals surface area contributed by atoms with Crippen molar-refractivity contribution < 1.29 is 9.59 Å². The number of benzene rings is 1. The Morgan fingerprint density at radius 3 is 2.48 bits per heavy atom. The molecule has 0 bridgehead atoms. The monoisotopic (exact) mass is 338 g/mol. The summed E-state index contributed by atoms with van der Waals surface area (Å²) in [6.45, 7) is 7.95. The van der Waals surface area contributed by atoms with Gasteiger partial charge in [0.05, 0.1) is 17.3 Å². The first-order valence-corrected chi connectivity index (χ1v) is 8.27. The molecule has 0 aliphatic heterocycles. The molecule has 130 valence electrons. The summed E-state index contributed by atoms with van der Waals surface area (Å²) in [6, 6.07) is 9.94. The molecule has 1 aromatic heterocycles. The Hall–Kier alpha value is -2.94. The highest BCUT2D eigenvalue weighted by molar-refractivity contribution is 5.99. The highest BCUT2D eigenvalue weighted by Crippen LogP contribution is 2.14. The van der Waals surface area contributed by atoms with Crippen molar-refractivity contribution in [2.24, 2.45) is 5.92 Å². The van der Waals surface area contributed by atoms with Crippen molar-refractivity contribution in [3.63, 3.8) is 0 Å². The zero-order chi connectivity index (χ0) is 18.6. The van der Waals surface area contributed by atoms with Crippen molar-refractivity contribution in [1.82, 2.24) is 15.1 Å². The van der Waals surface area contributed by atoms with Crippen LogP contribution in [0, 0.1) is 24.2 Å². The van der Waals surface area contributed by atoms with Crippen molar-refractivity contribution in [1.29, 1.82) is 5.26 Å². The Morgan fingerprint density at radius 2 is 1.92 bits per heavy atom. The van der Waals surface area contributed by atoms with Gasteiger partial charge < -0.3 is 5.32 Å². The molecule has 2 rings (SSSR count). The number of carbonyl (C=O) groups is 2. The molecule has 0 saturated carbocycles. The first-order valence-electron chi connectivity index (χ1n) is 8.27. The van der Waals surface area contributed by atoms with Crippen LogP contribution in [0.2, 0.25) is 0 Å². The summed E-state index contributed by atoms with van der Waals surface area (Å²) in [5, 5.41) is 16.0. The first-order chi connectivity index (χ1) is 11.9. The van der Waals surface area contributed by atoms with E-state index in [1.54, 1.807) is 41.9 Å². The molecule has 1 aromatic carbocycles. The van der Waals surface area contributed by atoms with Crippen molar-refractivity contribution in [3.05, 3.63) is 52.8 Å². The topological polar surface area (TPSA) is 87.8 Å². The van der Waals surface area contributed by atoms with E-state index in [0.717, 1.165) is 5.69 Å². The van der Waals surface area contributed by atoms with Gasteiger partial charge in [0, 0.05) is 24.1 Å². The summed E-state index contributed by atoms with van der Waals surface area (Å²) in [6.07, 6.45) is 0. The number of aromatic nitrogens is 2. The van der Waals surface area contributed by atoms with Crippen molar-refractivity contribution in [2.75, 3.05) is 0 Å². The van der Waals surface area contributed by atoms with Gasteiger partial charge in [0.2, 0.25) is 0 Å². The largest absolute Gasteiger partial charge is 0.348 e. The minimum absolute atomic E-state index is 0.0718. The maximum atomic E-state index is 12.6. The number of aryl methyl sites for hydroxylation is 2. The number of nitrogens with zero attached hydrogens (tertiary/aromatic N) is 3. The molecular weight excluding hydrogens is 316 g/mol. The lowest BCUT2D eigenvalue weighted by Crippen LogP contribution is -2.40. The van der Waals surface area contributed by atoms with Gasteiger partial charge in [-0.25, -0.2) is 0 Å². The maximum absolute atomic E-state index is 12.6. The average molecular weight is 338 g/mol. The fraction of sp³-hybridized carbons (Fsp3) is 0.368. The van der Waals surface area contributed by atoms with Crippen LogP contribution in [0.5, 0.6) is 0 Å². The van der Waals surface area contributed by atoms with Crippen molar-refractivity contribution >= 4 is 11.7 Å². The van der Waals surface area contributed by atoms with E-state index >= 15 is 0 Å². The number of nitrogens with one attached hydrogen (secondary N) is 1. The van der Waals surface area contributed by atoms with E-state index in [0.29, 0.717) is 23.4 Å². The molecule has 2 atom stereocenters. The molecule has 1 heterocycles. The molecule has 2 unspecified atom stereocenters. The fourth-order valence-corrected chi connectivity index (χ4v) is 2.57. The van der Waals surface area contributed by atoms with Gasteiger partial charge in [-0.3, -0.25) is 14.3 Å². The molecule has 1 N–H and O–H groups in total. The number of hydrogen-bond donors (Lipinski definition) is 1. The summed E-state index contributed by atoms with van der Waals surface area (Å²) in [7, 11) is 0. The molecule has 0 radical (unpaired) electrons. The Kier molecular flexibility index (Phi) is 5.71. The number of rotatable bonds is 6. The second kappa shape index (κ2) is 7.75. The molecule has 2 aromatic rings. The van der Waals surface area contributed by atoms with Crippen molar-refractivity contribution in [3.8, 4) is 6.07 Å². The second-order valence-electron chi connectivity index (χ2n) is 6.09. The van der Waals surface area contributed by atoms with E-state index in [1.807, 2.05) is 26.8 Å². The molecule has 6 nitrogen and oxygen atoms in total. The van der Waals surface area contributed by atoms with Gasteiger partial charge in [0.15, 0.2) is 5.78 Å². The van der Waals surface area contributed by atoms with Gasteiger partial charge in [-0.2, -0.15) is 10.4 Å². The average Bonchev–Trinajstić information content (AvgIpc) is 3.01. The van der Waals surface area contributed by atoms with Crippen LogP contribution in [-0.4, -0.2) is 27.5 Å². The summed E-state index contributed by atoms with van der Waals surface area (Å²) in [5.41, 5.74) is 2.31. The molecular formula is C19H22N4O2. The van der Waals surface area contributed by atoms with E-state index in [9.17, 15) is 9.59 Å². The standard InChI is InChI=1S/C19H22N4O2/c1-5-23-17(10-12(2)22-23)19(25)21-14(4)13(3)18(24)16-8-6-15(11-20)7-9-16/h6-10,13-14H,5H2,1-4H3,(H,21,25). The Labute approximate surface area is 147 Å². The highest BCUT2D eigenvalue weighted by atomic mass is 16.2. The van der Waals surface area contributed by atoms with Crippen LogP contribution in [0.3, 0.4) is 0 Å². The van der Waals surface area contributed by atoms with E-state index in [2.05, 4.69) is 10.4 Å². The number of amides is 1. The number of Topliss-reactive ketones (excluding diaryl/α,β-unsaturated/α-hetero) is 1. The summed E-state index contributed by atoms with van der Waals surface area (Å²) in [4.78, 5) is 25.1. The molecule has 0 fully saturated rings. The molecule has 6 heteroatoms. The van der Waals surface area contributed by atoms with Crippen LogP contribution in [0.1, 0.15) is 52.9 Å². The van der Waals surface area contributed by atoms with Crippen LogP contribution >= 0.6 is 0 Å². The molecule has 25 heavy (non-hydrogen) atoms. The Morgan fingerprint density at radius 1 is 1.28 bits per heavy atom. The lowest BCUT2D eigenvalue weighted by Gasteiger charge is -2.20. The van der Waals surface area contributed by atoms with E-state index in [4.69, 9.17) is 5.26 Å². The SMILES string of the molecule is CCn1nc(C)cc1C(=O)NC(C)C(C)C(=O)c1ccc(C#N)cc1. The number of carbonyl (C=O) groups excluding carboxylic acids is 2. The van der Waals surface area contributed by atoms with E-state index in [-0.39, 0.29) is 17.7 Å². The van der Waals surface area contributed by atoms with Crippen LogP contribution in [0.15, 0.2) is 30.3 Å². The highest BCUT2D eigenvalue weighted by Gasteiger charge is 2.24. The molecule has 0 spiro atoms. The van der Waals surface area contributed by atoms with Gasteiger partial charge in [-0.15, -0.1) is 0 Å². The Balaban J connectivity index is 2.08. The van der Waals surface area contributed by atoms with Crippen molar-refractivity contribution in [2.45, 2.75) is 40.3 Å². The molecule has 1 amide bonds. The number of nitriles is 1. The summed E-state index contributed by atoms with van der Waals surface area (Å²) in [5.74, 6) is -0.706. The zero-order valence-electron chi connectivity index (χ0n) is 14.9. The third-order valence-corrected chi connectivity index (χ3v) is 4.26. The minimum Gasteiger partial charge on any atom is -0.348 e. The molecule has 0 aliphatic carbocycles. The predicted octanol–water partition coefficient (Wildman–Crippen LogP) is 2.72. The fourth-order valence-electron chi connectivity index (χ4n) is 2.57. The summed E-state index contributed by atoms with van der Waals surface area (Å²) >= 11 is 0. The normalized spacial score (nSPS) is 12.9. The maximum Gasteiger partial charge on any atom is 0.269 e. The number of ketones is 1. The van der Waals surface area contributed by atoms with Crippen LogP contribution < -0.4 is 5.32 Å². The zero-order valence-corrected chi connectivity index (χ0v) is 14.9. The van der Waals surface area contributed by atoms with Gasteiger partial charge >= 0.3 is 0 Å². The lowest BCUT2D eigenvalue weighted by molar-refractivity contribution is 0.0863. The molecule has 0 aliphatic rings. The van der Waals surface area contributed by atoms with Gasteiger partial charge in [0.1, 0.15) is 5.69 Å². The third kappa shape index (κ3) is 4.13. The minimum atomic E-state index is -0.393. The predicted molar refractivity (Wildman–Crippen MR) is 94.2 cm³/mol. The van der Waals surface area contributed by atoms with Gasteiger partial charge in [-0.1, -0.05) is 19.1 Å².